The lowest BCUT2D eigenvalue weighted by molar-refractivity contribution is 0.0697. The molecule has 5 heteroatoms. The van der Waals surface area contributed by atoms with Crippen LogP contribution in [-0.2, 0) is 0 Å². The first-order valence-corrected chi connectivity index (χ1v) is 6.25. The van der Waals surface area contributed by atoms with Crippen molar-refractivity contribution in [3.63, 3.8) is 0 Å². The van der Waals surface area contributed by atoms with Crippen molar-refractivity contribution in [2.75, 3.05) is 24.6 Å². The molecule has 1 aliphatic rings. The van der Waals surface area contributed by atoms with Crippen LogP contribution >= 0.6 is 0 Å². The van der Waals surface area contributed by atoms with Gasteiger partial charge in [-0.15, -0.1) is 0 Å². The van der Waals surface area contributed by atoms with Gasteiger partial charge >= 0.3 is 5.97 Å². The molecule has 1 unspecified atom stereocenters. The van der Waals surface area contributed by atoms with E-state index in [1.165, 1.54) is 6.20 Å². The summed E-state index contributed by atoms with van der Waals surface area (Å²) in [5, 5.41) is 18.2. The smallest absolute Gasteiger partial charge is 0.339 e. The molecular weight excluding hydrogens is 232 g/mol. The summed E-state index contributed by atoms with van der Waals surface area (Å²) < 4.78 is 0. The fraction of sp³-hybridized carbons (Fsp3) is 0.538. The summed E-state index contributed by atoms with van der Waals surface area (Å²) in [5.41, 5.74) is 0.988. The van der Waals surface area contributed by atoms with Gasteiger partial charge in [0.2, 0.25) is 0 Å². The molecule has 0 spiro atoms. The van der Waals surface area contributed by atoms with Crippen molar-refractivity contribution in [3.8, 4) is 0 Å². The Hall–Kier alpha value is -1.62. The van der Waals surface area contributed by atoms with E-state index in [9.17, 15) is 4.79 Å². The minimum Gasteiger partial charge on any atom is -0.478 e. The lowest BCUT2D eigenvalue weighted by atomic mass is 9.94. The number of aliphatic hydroxyl groups excluding tert-OH is 1. The summed E-state index contributed by atoms with van der Waals surface area (Å²) in [5.74, 6) is -0.499. The first kappa shape index (κ1) is 12.8. The molecule has 0 amide bonds. The maximum atomic E-state index is 11.2. The van der Waals surface area contributed by atoms with Crippen LogP contribution < -0.4 is 4.90 Å². The zero-order chi connectivity index (χ0) is 13.0. The van der Waals surface area contributed by atoms with Crippen LogP contribution in [0.3, 0.4) is 0 Å². The van der Waals surface area contributed by atoms with E-state index >= 15 is 0 Å². The third-order valence-corrected chi connectivity index (χ3v) is 3.43. The molecule has 1 atom stereocenters. The van der Waals surface area contributed by atoms with Crippen molar-refractivity contribution in [3.05, 3.63) is 24.0 Å². The van der Waals surface area contributed by atoms with Crippen molar-refractivity contribution in [1.29, 1.82) is 0 Å². The molecule has 0 radical (unpaired) electrons. The van der Waals surface area contributed by atoms with E-state index in [0.29, 0.717) is 5.92 Å². The van der Waals surface area contributed by atoms with Gasteiger partial charge in [-0.1, -0.05) is 0 Å². The molecule has 2 rings (SSSR count). The number of aromatic carboxylic acids is 1. The maximum Gasteiger partial charge on any atom is 0.339 e. The standard InChI is InChI=1S/C13H18N2O3/c16-7-4-10-2-1-6-15(9-10)12-3-5-14-8-11(12)13(17)18/h3,5,8,10,16H,1-2,4,6-7,9H2,(H,17,18). The van der Waals surface area contributed by atoms with Gasteiger partial charge in [0.1, 0.15) is 5.56 Å². The Labute approximate surface area is 106 Å². The number of rotatable bonds is 4. The summed E-state index contributed by atoms with van der Waals surface area (Å²) in [6.07, 6.45) is 5.94. The number of aromatic nitrogens is 1. The summed E-state index contributed by atoms with van der Waals surface area (Å²) in [7, 11) is 0. The number of aliphatic hydroxyl groups is 1. The highest BCUT2D eigenvalue weighted by atomic mass is 16.4. The van der Waals surface area contributed by atoms with Crippen molar-refractivity contribution in [2.24, 2.45) is 5.92 Å². The molecule has 1 aromatic heterocycles. The number of carbonyl (C=O) groups is 1. The van der Waals surface area contributed by atoms with Crippen LogP contribution in [0.5, 0.6) is 0 Å². The second-order valence-corrected chi connectivity index (χ2v) is 4.66. The Kier molecular flexibility index (Phi) is 4.15. The predicted octanol–water partition coefficient (Wildman–Crippen LogP) is 1.38. The van der Waals surface area contributed by atoms with Crippen molar-refractivity contribution in [2.45, 2.75) is 19.3 Å². The zero-order valence-electron chi connectivity index (χ0n) is 10.2. The number of piperidine rings is 1. The van der Waals surface area contributed by atoms with Crippen LogP contribution in [-0.4, -0.2) is 40.9 Å². The average Bonchev–Trinajstić information content (AvgIpc) is 2.39. The van der Waals surface area contributed by atoms with E-state index in [1.807, 2.05) is 0 Å². The second kappa shape index (κ2) is 5.82. The number of hydrogen-bond acceptors (Lipinski definition) is 4. The van der Waals surface area contributed by atoms with Crippen molar-refractivity contribution < 1.29 is 15.0 Å². The Morgan fingerprint density at radius 3 is 3.11 bits per heavy atom. The first-order chi connectivity index (χ1) is 8.72. The molecule has 5 nitrogen and oxygen atoms in total. The SMILES string of the molecule is O=C(O)c1cnccc1N1CCCC(CCO)C1. The Balaban J connectivity index is 2.18. The summed E-state index contributed by atoms with van der Waals surface area (Å²) >= 11 is 0. The van der Waals surface area contributed by atoms with Gasteiger partial charge in [-0.3, -0.25) is 4.98 Å². The largest absolute Gasteiger partial charge is 0.478 e. The number of hydrogen-bond donors (Lipinski definition) is 2. The normalized spacial score (nSPS) is 19.8. The highest BCUT2D eigenvalue weighted by molar-refractivity contribution is 5.94. The molecular formula is C13H18N2O3. The van der Waals surface area contributed by atoms with E-state index in [2.05, 4.69) is 9.88 Å². The highest BCUT2D eigenvalue weighted by Gasteiger charge is 2.23. The monoisotopic (exact) mass is 250 g/mol. The van der Waals surface area contributed by atoms with Crippen LogP contribution in [0.1, 0.15) is 29.6 Å². The molecule has 0 bridgehead atoms. The molecule has 0 aromatic carbocycles. The maximum absolute atomic E-state index is 11.2. The number of nitrogens with zero attached hydrogens (tertiary/aromatic N) is 2. The number of carboxylic acid groups (broad SMARTS) is 1. The van der Waals surface area contributed by atoms with Crippen molar-refractivity contribution in [1.82, 2.24) is 4.98 Å². The molecule has 1 saturated heterocycles. The van der Waals surface area contributed by atoms with Crippen LogP contribution in [0.25, 0.3) is 0 Å². The van der Waals surface area contributed by atoms with E-state index in [1.54, 1.807) is 12.3 Å². The minimum atomic E-state index is -0.942. The van der Waals surface area contributed by atoms with Gasteiger partial charge in [-0.25, -0.2) is 4.79 Å². The van der Waals surface area contributed by atoms with Gasteiger partial charge in [0.05, 0.1) is 5.69 Å². The third kappa shape index (κ3) is 2.79. The molecule has 18 heavy (non-hydrogen) atoms. The van der Waals surface area contributed by atoms with Crippen molar-refractivity contribution >= 4 is 11.7 Å². The van der Waals surface area contributed by atoms with Gasteiger partial charge in [-0.05, 0) is 31.2 Å². The molecule has 0 aliphatic carbocycles. The van der Waals surface area contributed by atoms with Gasteiger partial charge in [0, 0.05) is 32.1 Å². The van der Waals surface area contributed by atoms with Crippen LogP contribution in [0.2, 0.25) is 0 Å². The Morgan fingerprint density at radius 2 is 2.39 bits per heavy atom. The zero-order valence-corrected chi connectivity index (χ0v) is 10.2. The Morgan fingerprint density at radius 1 is 1.56 bits per heavy atom. The average molecular weight is 250 g/mol. The minimum absolute atomic E-state index is 0.195. The van der Waals surface area contributed by atoms with Crippen LogP contribution in [0.4, 0.5) is 5.69 Å². The van der Waals surface area contributed by atoms with E-state index in [-0.39, 0.29) is 12.2 Å². The first-order valence-electron chi connectivity index (χ1n) is 6.25. The van der Waals surface area contributed by atoms with Crippen LogP contribution in [0, 0.1) is 5.92 Å². The van der Waals surface area contributed by atoms with Gasteiger partial charge in [0.25, 0.3) is 0 Å². The quantitative estimate of drug-likeness (QED) is 0.844. The predicted molar refractivity (Wildman–Crippen MR) is 67.8 cm³/mol. The number of anilines is 1. The van der Waals surface area contributed by atoms with Crippen LogP contribution in [0.15, 0.2) is 18.5 Å². The second-order valence-electron chi connectivity index (χ2n) is 4.66. The third-order valence-electron chi connectivity index (χ3n) is 3.43. The van der Waals surface area contributed by atoms with E-state index in [0.717, 1.165) is 38.0 Å². The topological polar surface area (TPSA) is 73.7 Å². The van der Waals surface area contributed by atoms with Gasteiger partial charge < -0.3 is 15.1 Å². The number of pyridine rings is 1. The van der Waals surface area contributed by atoms with E-state index < -0.39 is 5.97 Å². The molecule has 0 saturated carbocycles. The number of carboxylic acids is 1. The summed E-state index contributed by atoms with van der Waals surface area (Å²) in [6.45, 7) is 1.87. The van der Waals surface area contributed by atoms with Gasteiger partial charge in [0.15, 0.2) is 0 Å². The van der Waals surface area contributed by atoms with E-state index in [4.69, 9.17) is 10.2 Å². The molecule has 1 aromatic rings. The molecule has 2 heterocycles. The molecule has 1 fully saturated rings. The van der Waals surface area contributed by atoms with Gasteiger partial charge in [-0.2, -0.15) is 0 Å². The highest BCUT2D eigenvalue weighted by Crippen LogP contribution is 2.27. The lowest BCUT2D eigenvalue weighted by Crippen LogP contribution is -2.36. The fourth-order valence-corrected chi connectivity index (χ4v) is 2.53. The molecule has 98 valence electrons. The Bertz CT molecular complexity index is 420. The summed E-state index contributed by atoms with van der Waals surface area (Å²) in [4.78, 5) is 17.1. The molecule has 1 aliphatic heterocycles. The lowest BCUT2D eigenvalue weighted by Gasteiger charge is -2.34. The molecule has 2 N–H and O–H groups in total. The summed E-state index contributed by atoms with van der Waals surface area (Å²) in [6, 6.07) is 1.75. The fourth-order valence-electron chi connectivity index (χ4n) is 2.53.